The third kappa shape index (κ3) is 4.68. The van der Waals surface area contributed by atoms with E-state index in [9.17, 15) is 9.59 Å². The normalized spacial score (nSPS) is 20.5. The van der Waals surface area contributed by atoms with E-state index in [0.717, 1.165) is 11.0 Å². The molecule has 1 aromatic heterocycles. The highest BCUT2D eigenvalue weighted by Crippen LogP contribution is 2.17. The number of nitrogens with zero attached hydrogens (tertiary/aromatic N) is 1. The number of imidazole rings is 1. The van der Waals surface area contributed by atoms with Crippen LogP contribution in [0.25, 0.3) is 11.0 Å². The number of aliphatic carboxylic acids is 1. The highest BCUT2D eigenvalue weighted by Gasteiger charge is 2.28. The van der Waals surface area contributed by atoms with E-state index in [1.54, 1.807) is 18.2 Å². The molecular weight excluding hydrogens is 350 g/mol. The van der Waals surface area contributed by atoms with Crippen LogP contribution in [0.2, 0.25) is 5.02 Å². The van der Waals surface area contributed by atoms with Gasteiger partial charge in [-0.25, -0.2) is 9.78 Å². The first-order valence-electron chi connectivity index (χ1n) is 7.86. The predicted octanol–water partition coefficient (Wildman–Crippen LogP) is 1.13. The minimum absolute atomic E-state index is 0.0639. The summed E-state index contributed by atoms with van der Waals surface area (Å²) in [5.41, 5.74) is 1.50. The van der Waals surface area contributed by atoms with E-state index >= 15 is 0 Å². The highest BCUT2D eigenvalue weighted by molar-refractivity contribution is 6.31. The van der Waals surface area contributed by atoms with Crippen molar-refractivity contribution in [3.8, 4) is 0 Å². The zero-order valence-corrected chi connectivity index (χ0v) is 14.1. The van der Waals surface area contributed by atoms with Gasteiger partial charge in [-0.1, -0.05) is 11.6 Å². The van der Waals surface area contributed by atoms with Crippen LogP contribution in [0.3, 0.4) is 0 Å². The summed E-state index contributed by atoms with van der Waals surface area (Å²) in [7, 11) is 0. The van der Waals surface area contributed by atoms with Crippen LogP contribution in [0.1, 0.15) is 12.2 Å². The van der Waals surface area contributed by atoms with E-state index in [0.29, 0.717) is 23.9 Å². The molecule has 1 amide bonds. The molecule has 1 aliphatic rings. The average Bonchev–Trinajstić information content (AvgIpc) is 2.95. The summed E-state index contributed by atoms with van der Waals surface area (Å²) in [5.74, 6) is -0.767. The highest BCUT2D eigenvalue weighted by atomic mass is 35.5. The summed E-state index contributed by atoms with van der Waals surface area (Å²) >= 11 is 5.93. The van der Waals surface area contributed by atoms with Crippen molar-refractivity contribution in [1.82, 2.24) is 15.3 Å². The van der Waals surface area contributed by atoms with Gasteiger partial charge in [-0.15, -0.1) is 0 Å². The van der Waals surface area contributed by atoms with Crippen LogP contribution < -0.4 is 5.32 Å². The lowest BCUT2D eigenvalue weighted by Crippen LogP contribution is -2.51. The van der Waals surface area contributed by atoms with Crippen LogP contribution in [0.15, 0.2) is 18.2 Å². The van der Waals surface area contributed by atoms with Crippen LogP contribution in [0.5, 0.6) is 0 Å². The van der Waals surface area contributed by atoms with Crippen LogP contribution in [-0.4, -0.2) is 58.9 Å². The van der Waals surface area contributed by atoms with Gasteiger partial charge in [0.2, 0.25) is 5.91 Å². The number of carbonyl (C=O) groups excluding carboxylic acids is 1. The summed E-state index contributed by atoms with van der Waals surface area (Å²) in [6.45, 7) is 0.355. The third-order valence-electron chi connectivity index (χ3n) is 3.88. The van der Waals surface area contributed by atoms with Gasteiger partial charge in [0.1, 0.15) is 12.4 Å². The SMILES string of the molecule is O=C(O)CO[C@H]1CCOC[C@H]1NC(=O)Cc1nc2ccc(Cl)cc2[nH]1. The number of benzene rings is 1. The van der Waals surface area contributed by atoms with E-state index in [1.807, 2.05) is 0 Å². The molecule has 3 rings (SSSR count). The molecule has 2 heterocycles. The number of ether oxygens (including phenoxy) is 2. The van der Waals surface area contributed by atoms with Crippen molar-refractivity contribution >= 4 is 34.5 Å². The Labute approximate surface area is 148 Å². The molecule has 0 spiro atoms. The molecular formula is C16H18ClN3O5. The van der Waals surface area contributed by atoms with Crippen molar-refractivity contribution in [2.45, 2.75) is 25.0 Å². The number of carboxylic acid groups (broad SMARTS) is 1. The Morgan fingerprint density at radius 2 is 2.32 bits per heavy atom. The fraction of sp³-hybridized carbons (Fsp3) is 0.438. The van der Waals surface area contributed by atoms with E-state index in [2.05, 4.69) is 15.3 Å². The maximum absolute atomic E-state index is 12.3. The number of H-pyrrole nitrogens is 1. The van der Waals surface area contributed by atoms with E-state index in [4.69, 9.17) is 26.2 Å². The summed E-state index contributed by atoms with van der Waals surface area (Å²) in [6, 6.07) is 4.87. The number of halogens is 1. The van der Waals surface area contributed by atoms with Gasteiger partial charge in [-0.05, 0) is 24.6 Å². The van der Waals surface area contributed by atoms with Crippen LogP contribution in [-0.2, 0) is 25.5 Å². The summed E-state index contributed by atoms with van der Waals surface area (Å²) < 4.78 is 10.7. The number of carboxylic acids is 1. The molecule has 0 radical (unpaired) electrons. The molecule has 0 aliphatic carbocycles. The molecule has 3 N–H and O–H groups in total. The number of hydrogen-bond donors (Lipinski definition) is 3. The quantitative estimate of drug-likeness (QED) is 0.705. The van der Waals surface area contributed by atoms with Crippen LogP contribution >= 0.6 is 11.6 Å². The van der Waals surface area contributed by atoms with E-state index in [1.165, 1.54) is 0 Å². The Bertz CT molecular complexity index is 778. The second-order valence-electron chi connectivity index (χ2n) is 5.80. The van der Waals surface area contributed by atoms with Crippen LogP contribution in [0, 0.1) is 0 Å². The average molecular weight is 368 g/mol. The standard InChI is InChI=1S/C16H18ClN3O5/c17-9-1-2-10-11(5-9)19-14(18-10)6-15(21)20-12-7-24-4-3-13(12)25-8-16(22)23/h1-2,5,12-13H,3-4,6-8H2,(H,18,19)(H,20,21)(H,22,23)/t12-,13+/m1/s1. The van der Waals surface area contributed by atoms with Gasteiger partial charge >= 0.3 is 5.97 Å². The Morgan fingerprint density at radius 3 is 3.12 bits per heavy atom. The van der Waals surface area contributed by atoms with Crippen molar-refractivity contribution in [2.75, 3.05) is 19.8 Å². The van der Waals surface area contributed by atoms with Gasteiger partial charge < -0.3 is 24.9 Å². The number of aromatic amines is 1. The van der Waals surface area contributed by atoms with Gasteiger partial charge in [0.05, 0.1) is 36.2 Å². The molecule has 25 heavy (non-hydrogen) atoms. The third-order valence-corrected chi connectivity index (χ3v) is 4.12. The van der Waals surface area contributed by atoms with Crippen molar-refractivity contribution in [1.29, 1.82) is 0 Å². The zero-order valence-electron chi connectivity index (χ0n) is 13.3. The number of aromatic nitrogens is 2. The van der Waals surface area contributed by atoms with Crippen molar-refractivity contribution in [3.63, 3.8) is 0 Å². The van der Waals surface area contributed by atoms with E-state index in [-0.39, 0.29) is 31.1 Å². The Morgan fingerprint density at radius 1 is 1.48 bits per heavy atom. The molecule has 1 saturated heterocycles. The Balaban J connectivity index is 1.60. The predicted molar refractivity (Wildman–Crippen MR) is 89.6 cm³/mol. The van der Waals surface area contributed by atoms with Gasteiger partial charge in [0.15, 0.2) is 0 Å². The molecule has 1 aliphatic heterocycles. The maximum atomic E-state index is 12.3. The molecule has 8 nitrogen and oxygen atoms in total. The fourth-order valence-corrected chi connectivity index (χ4v) is 2.93. The second-order valence-corrected chi connectivity index (χ2v) is 6.24. The van der Waals surface area contributed by atoms with Gasteiger partial charge in [0, 0.05) is 11.6 Å². The van der Waals surface area contributed by atoms with Gasteiger partial charge in [-0.2, -0.15) is 0 Å². The molecule has 1 aromatic carbocycles. The lowest BCUT2D eigenvalue weighted by Gasteiger charge is -2.31. The molecule has 1 fully saturated rings. The first-order valence-corrected chi connectivity index (χ1v) is 8.23. The maximum Gasteiger partial charge on any atom is 0.329 e. The number of hydrogen-bond acceptors (Lipinski definition) is 5. The monoisotopic (exact) mass is 367 g/mol. The molecule has 2 atom stereocenters. The number of carbonyl (C=O) groups is 2. The topological polar surface area (TPSA) is 114 Å². The number of rotatable bonds is 6. The summed E-state index contributed by atoms with van der Waals surface area (Å²) in [4.78, 5) is 30.3. The van der Waals surface area contributed by atoms with Crippen molar-refractivity contribution < 1.29 is 24.2 Å². The molecule has 0 saturated carbocycles. The summed E-state index contributed by atoms with van der Waals surface area (Å²) in [6.07, 6.45) is 0.207. The first-order chi connectivity index (χ1) is 12.0. The zero-order chi connectivity index (χ0) is 17.8. The largest absolute Gasteiger partial charge is 0.480 e. The number of amides is 1. The number of fused-ring (bicyclic) bond motifs is 1. The lowest BCUT2D eigenvalue weighted by atomic mass is 10.1. The minimum atomic E-state index is -1.04. The lowest BCUT2D eigenvalue weighted by molar-refractivity contribution is -0.148. The summed E-state index contributed by atoms with van der Waals surface area (Å²) in [5, 5.41) is 12.1. The molecule has 0 bridgehead atoms. The smallest absolute Gasteiger partial charge is 0.329 e. The Kier molecular flexibility index (Phi) is 5.52. The van der Waals surface area contributed by atoms with Crippen molar-refractivity contribution in [3.05, 3.63) is 29.0 Å². The first kappa shape index (κ1) is 17.7. The minimum Gasteiger partial charge on any atom is -0.480 e. The molecule has 0 unspecified atom stereocenters. The second kappa shape index (κ2) is 7.81. The molecule has 9 heteroatoms. The van der Waals surface area contributed by atoms with Crippen molar-refractivity contribution in [2.24, 2.45) is 0 Å². The van der Waals surface area contributed by atoms with Gasteiger partial charge in [0.25, 0.3) is 0 Å². The Hall–Kier alpha value is -2.16. The number of nitrogens with one attached hydrogen (secondary N) is 2. The van der Waals surface area contributed by atoms with Crippen LogP contribution in [0.4, 0.5) is 0 Å². The molecule has 134 valence electrons. The van der Waals surface area contributed by atoms with Gasteiger partial charge in [-0.3, -0.25) is 4.79 Å². The molecule has 2 aromatic rings. The fourth-order valence-electron chi connectivity index (χ4n) is 2.76. The van der Waals surface area contributed by atoms with E-state index < -0.39 is 12.6 Å².